The lowest BCUT2D eigenvalue weighted by Crippen LogP contribution is -2.43. The molecule has 0 aliphatic carbocycles. The normalized spacial score (nSPS) is 12.4. The summed E-state index contributed by atoms with van der Waals surface area (Å²) in [6.07, 6.45) is 6.47. The SMILES string of the molecule is CC#CCCCCC#CCCCC(C#N)O[Si](C)(C)C(C)(C)C. The number of hydrogen-bond donors (Lipinski definition) is 0. The summed E-state index contributed by atoms with van der Waals surface area (Å²) in [6, 6.07) is 2.31. The van der Waals surface area contributed by atoms with Crippen molar-refractivity contribution in [2.45, 2.75) is 96.9 Å². The third kappa shape index (κ3) is 10.2. The van der Waals surface area contributed by atoms with E-state index in [0.29, 0.717) is 0 Å². The molecule has 1 atom stereocenters. The van der Waals surface area contributed by atoms with Gasteiger partial charge in [-0.15, -0.1) is 23.7 Å². The quantitative estimate of drug-likeness (QED) is 0.327. The molecular weight excluding hydrogens is 298 g/mol. The molecule has 23 heavy (non-hydrogen) atoms. The van der Waals surface area contributed by atoms with Crippen LogP contribution in [0, 0.1) is 35.0 Å². The van der Waals surface area contributed by atoms with Gasteiger partial charge in [-0.1, -0.05) is 20.8 Å². The lowest BCUT2D eigenvalue weighted by atomic mass is 10.1. The van der Waals surface area contributed by atoms with Gasteiger partial charge in [0, 0.05) is 19.3 Å². The van der Waals surface area contributed by atoms with Gasteiger partial charge in [-0.3, -0.25) is 0 Å². The lowest BCUT2D eigenvalue weighted by molar-refractivity contribution is 0.219. The monoisotopic (exact) mass is 331 g/mol. The molecule has 0 spiro atoms. The minimum Gasteiger partial charge on any atom is -0.401 e. The first-order valence-corrected chi connectivity index (χ1v) is 11.6. The van der Waals surface area contributed by atoms with Crippen LogP contribution in [-0.4, -0.2) is 14.4 Å². The van der Waals surface area contributed by atoms with Crippen LogP contribution >= 0.6 is 0 Å². The fourth-order valence-corrected chi connectivity index (χ4v) is 3.02. The Morgan fingerprint density at radius 3 is 1.96 bits per heavy atom. The van der Waals surface area contributed by atoms with Gasteiger partial charge in [0.1, 0.15) is 6.10 Å². The number of unbranched alkanes of at least 4 members (excludes halogenated alkanes) is 4. The Balaban J connectivity index is 3.98. The standard InChI is InChI=1S/C20H33NOSi/c1-7-8-9-10-11-12-13-14-15-16-17-19(18-21)22-23(5,6)20(2,3)4/h19H,9-12,15-17H2,1-6H3. The summed E-state index contributed by atoms with van der Waals surface area (Å²) in [5.74, 6) is 12.4. The third-order valence-electron chi connectivity index (χ3n) is 4.31. The molecule has 0 aliphatic heterocycles. The fourth-order valence-electron chi connectivity index (χ4n) is 1.79. The van der Waals surface area contributed by atoms with Gasteiger partial charge >= 0.3 is 0 Å². The molecule has 128 valence electrons. The zero-order valence-corrected chi connectivity index (χ0v) is 16.9. The predicted molar refractivity (Wildman–Crippen MR) is 101 cm³/mol. The average Bonchev–Trinajstić information content (AvgIpc) is 2.46. The van der Waals surface area contributed by atoms with E-state index in [2.05, 4.69) is 63.6 Å². The number of hydrogen-bond acceptors (Lipinski definition) is 2. The van der Waals surface area contributed by atoms with E-state index < -0.39 is 8.32 Å². The van der Waals surface area contributed by atoms with Crippen LogP contribution in [0.2, 0.25) is 18.1 Å². The summed E-state index contributed by atoms with van der Waals surface area (Å²) in [6.45, 7) is 12.9. The van der Waals surface area contributed by atoms with E-state index in [9.17, 15) is 5.26 Å². The van der Waals surface area contributed by atoms with Crippen LogP contribution in [0.25, 0.3) is 0 Å². The van der Waals surface area contributed by atoms with Gasteiger partial charge in [-0.2, -0.15) is 5.26 Å². The summed E-state index contributed by atoms with van der Waals surface area (Å²) < 4.78 is 6.15. The van der Waals surface area contributed by atoms with Crippen LogP contribution in [0.3, 0.4) is 0 Å². The van der Waals surface area contributed by atoms with E-state index in [1.54, 1.807) is 0 Å². The van der Waals surface area contributed by atoms with Crippen molar-refractivity contribution in [2.75, 3.05) is 0 Å². The van der Waals surface area contributed by atoms with Gasteiger partial charge < -0.3 is 4.43 Å². The van der Waals surface area contributed by atoms with Gasteiger partial charge in [-0.25, -0.2) is 0 Å². The van der Waals surface area contributed by atoms with Crippen molar-refractivity contribution in [3.05, 3.63) is 0 Å². The molecule has 0 aromatic rings. The van der Waals surface area contributed by atoms with Crippen molar-refractivity contribution in [1.29, 1.82) is 5.26 Å². The first-order chi connectivity index (χ1) is 10.7. The first-order valence-electron chi connectivity index (χ1n) is 8.67. The highest BCUT2D eigenvalue weighted by Gasteiger charge is 2.39. The molecular formula is C20H33NOSi. The molecule has 0 bridgehead atoms. The molecule has 2 nitrogen and oxygen atoms in total. The molecule has 0 aromatic carbocycles. The molecule has 1 unspecified atom stereocenters. The summed E-state index contributed by atoms with van der Waals surface area (Å²) in [5, 5.41) is 9.44. The maximum absolute atomic E-state index is 9.30. The van der Waals surface area contributed by atoms with Crippen LogP contribution < -0.4 is 0 Å². The molecule has 0 fully saturated rings. The van der Waals surface area contributed by atoms with E-state index in [0.717, 1.165) is 44.9 Å². The zero-order chi connectivity index (χ0) is 17.8. The van der Waals surface area contributed by atoms with Crippen molar-refractivity contribution < 1.29 is 4.43 Å². The second-order valence-electron chi connectivity index (χ2n) is 7.38. The van der Waals surface area contributed by atoms with Crippen LogP contribution in [-0.2, 0) is 4.43 Å². The average molecular weight is 332 g/mol. The molecule has 3 heteroatoms. The van der Waals surface area contributed by atoms with Crippen LogP contribution in [0.15, 0.2) is 0 Å². The van der Waals surface area contributed by atoms with E-state index in [-0.39, 0.29) is 11.1 Å². The smallest absolute Gasteiger partial charge is 0.193 e. The lowest BCUT2D eigenvalue weighted by Gasteiger charge is -2.37. The maximum Gasteiger partial charge on any atom is 0.193 e. The largest absolute Gasteiger partial charge is 0.401 e. The minimum atomic E-state index is -1.86. The molecule has 0 radical (unpaired) electrons. The van der Waals surface area contributed by atoms with Crippen LogP contribution in [0.4, 0.5) is 0 Å². The summed E-state index contributed by atoms with van der Waals surface area (Å²) >= 11 is 0. The van der Waals surface area contributed by atoms with Crippen molar-refractivity contribution in [2.24, 2.45) is 0 Å². The highest BCUT2D eigenvalue weighted by molar-refractivity contribution is 6.74. The number of nitriles is 1. The van der Waals surface area contributed by atoms with Gasteiger partial charge in [0.05, 0.1) is 6.07 Å². The van der Waals surface area contributed by atoms with E-state index in [4.69, 9.17) is 4.43 Å². The van der Waals surface area contributed by atoms with Crippen LogP contribution in [0.5, 0.6) is 0 Å². The van der Waals surface area contributed by atoms with Gasteiger partial charge in [0.15, 0.2) is 8.32 Å². The van der Waals surface area contributed by atoms with Gasteiger partial charge in [-0.05, 0) is 50.7 Å². The molecule has 0 heterocycles. The number of nitrogens with zero attached hydrogens (tertiary/aromatic N) is 1. The third-order valence-corrected chi connectivity index (χ3v) is 8.80. The van der Waals surface area contributed by atoms with E-state index in [1.165, 1.54) is 0 Å². The summed E-state index contributed by atoms with van der Waals surface area (Å²) in [4.78, 5) is 0. The molecule has 0 saturated heterocycles. The van der Waals surface area contributed by atoms with Gasteiger partial charge in [0.25, 0.3) is 0 Å². The Kier molecular flexibility index (Phi) is 10.7. The fraction of sp³-hybridized carbons (Fsp3) is 0.750. The van der Waals surface area contributed by atoms with Crippen molar-refractivity contribution >= 4 is 8.32 Å². The number of rotatable bonds is 8. The van der Waals surface area contributed by atoms with Crippen molar-refractivity contribution in [1.82, 2.24) is 0 Å². The summed E-state index contributed by atoms with van der Waals surface area (Å²) in [7, 11) is -1.86. The molecule has 0 rings (SSSR count). The van der Waals surface area contributed by atoms with E-state index in [1.807, 2.05) is 6.92 Å². The Bertz CT molecular complexity index is 488. The van der Waals surface area contributed by atoms with Gasteiger partial charge in [0.2, 0.25) is 0 Å². The Morgan fingerprint density at radius 2 is 1.48 bits per heavy atom. The second-order valence-corrected chi connectivity index (χ2v) is 12.1. The molecule has 0 saturated carbocycles. The van der Waals surface area contributed by atoms with Crippen molar-refractivity contribution in [3.63, 3.8) is 0 Å². The highest BCUT2D eigenvalue weighted by Crippen LogP contribution is 2.37. The molecule has 0 amide bonds. The highest BCUT2D eigenvalue weighted by atomic mass is 28.4. The molecule has 0 N–H and O–H groups in total. The summed E-state index contributed by atoms with van der Waals surface area (Å²) in [5.41, 5.74) is 0. The zero-order valence-electron chi connectivity index (χ0n) is 15.9. The molecule has 0 aliphatic rings. The Hall–Kier alpha value is -1.21. The topological polar surface area (TPSA) is 33.0 Å². The maximum atomic E-state index is 9.30. The predicted octanol–water partition coefficient (Wildman–Crippen LogP) is 5.66. The Morgan fingerprint density at radius 1 is 0.957 bits per heavy atom. The first kappa shape index (κ1) is 21.8. The second kappa shape index (κ2) is 11.3. The van der Waals surface area contributed by atoms with Crippen molar-refractivity contribution in [3.8, 4) is 29.8 Å². The molecule has 0 aromatic heterocycles. The van der Waals surface area contributed by atoms with Crippen LogP contribution in [0.1, 0.15) is 72.6 Å². The van der Waals surface area contributed by atoms with E-state index >= 15 is 0 Å². The minimum absolute atomic E-state index is 0.143. The Labute approximate surface area is 145 Å².